The van der Waals surface area contributed by atoms with Gasteiger partial charge in [0.05, 0.1) is 24.6 Å². The minimum atomic E-state index is -3.11. The van der Waals surface area contributed by atoms with E-state index in [0.717, 1.165) is 19.4 Å². The number of ether oxygens (including phenoxy) is 2. The van der Waals surface area contributed by atoms with E-state index < -0.39 is 12.5 Å². The van der Waals surface area contributed by atoms with Crippen LogP contribution < -0.4 is 10.1 Å². The number of piperidine rings is 1. The lowest BCUT2D eigenvalue weighted by Gasteiger charge is -2.32. The highest BCUT2D eigenvalue weighted by atomic mass is 35.5. The number of nitrogens with one attached hydrogen (secondary N) is 1. The van der Waals surface area contributed by atoms with Crippen molar-refractivity contribution in [3.8, 4) is 17.0 Å². The van der Waals surface area contributed by atoms with Crippen molar-refractivity contribution in [2.75, 3.05) is 45.7 Å². The fraction of sp³-hybridized carbons (Fsp3) is 0.393. The van der Waals surface area contributed by atoms with E-state index in [1.807, 2.05) is 14.1 Å². The molecule has 5 rings (SSSR count). The van der Waals surface area contributed by atoms with Crippen LogP contribution in [0, 0.1) is 0 Å². The molecule has 1 aliphatic rings. The van der Waals surface area contributed by atoms with Crippen LogP contribution >= 0.6 is 11.6 Å². The van der Waals surface area contributed by atoms with Gasteiger partial charge >= 0.3 is 6.61 Å². The zero-order chi connectivity index (χ0) is 30.5. The van der Waals surface area contributed by atoms with E-state index in [2.05, 4.69) is 25.4 Å². The smallest absolute Gasteiger partial charge is 0.387 e. The summed E-state index contributed by atoms with van der Waals surface area (Å²) in [5.41, 5.74) is 0.867. The summed E-state index contributed by atoms with van der Waals surface area (Å²) in [6, 6.07) is 5.77. The molecule has 0 unspecified atom stereocenters. The first-order valence-corrected chi connectivity index (χ1v) is 14.0. The Balaban J connectivity index is 1.38. The van der Waals surface area contributed by atoms with Crippen molar-refractivity contribution in [2.45, 2.75) is 32.1 Å². The molecule has 15 heteroatoms. The van der Waals surface area contributed by atoms with Crippen molar-refractivity contribution in [3.63, 3.8) is 0 Å². The molecule has 0 bridgehead atoms. The number of aromatic nitrogens is 5. The summed E-state index contributed by atoms with van der Waals surface area (Å²) >= 11 is 6.20. The van der Waals surface area contributed by atoms with E-state index >= 15 is 0 Å². The van der Waals surface area contributed by atoms with Crippen LogP contribution in [0.4, 0.5) is 14.5 Å². The van der Waals surface area contributed by atoms with Gasteiger partial charge in [-0.25, -0.2) is 9.50 Å². The molecular formula is C28H31ClF2N8O4. The van der Waals surface area contributed by atoms with Crippen LogP contribution in [-0.2, 0) is 16.1 Å². The summed E-state index contributed by atoms with van der Waals surface area (Å²) in [6.45, 7) is -0.732. The van der Waals surface area contributed by atoms with Gasteiger partial charge in [0.1, 0.15) is 23.6 Å². The van der Waals surface area contributed by atoms with Gasteiger partial charge in [-0.05, 0) is 51.2 Å². The maximum Gasteiger partial charge on any atom is 0.387 e. The molecule has 0 atom stereocenters. The number of fused-ring (bicyclic) bond motifs is 1. The zero-order valence-electron chi connectivity index (χ0n) is 23.6. The third kappa shape index (κ3) is 7.45. The van der Waals surface area contributed by atoms with Crippen LogP contribution in [-0.4, -0.2) is 99.0 Å². The number of hydrogen-bond acceptors (Lipinski definition) is 8. The first-order chi connectivity index (χ1) is 20.7. The maximum atomic E-state index is 13.3. The van der Waals surface area contributed by atoms with Crippen LogP contribution in [0.5, 0.6) is 5.75 Å². The second kappa shape index (κ2) is 13.4. The fourth-order valence-electron chi connectivity index (χ4n) is 4.77. The molecule has 1 N–H and O–H groups in total. The molecule has 4 heterocycles. The second-order valence-corrected chi connectivity index (χ2v) is 10.7. The van der Waals surface area contributed by atoms with E-state index in [4.69, 9.17) is 21.1 Å². The van der Waals surface area contributed by atoms with Crippen molar-refractivity contribution in [1.82, 2.24) is 34.2 Å². The molecule has 0 aliphatic carbocycles. The highest BCUT2D eigenvalue weighted by molar-refractivity contribution is 6.31. The van der Waals surface area contributed by atoms with Gasteiger partial charge in [-0.2, -0.15) is 19.0 Å². The molecule has 3 aromatic heterocycles. The number of carbonyl (C=O) groups excluding carboxylic acids is 2. The Hall–Kier alpha value is -4.14. The molecule has 1 aliphatic heterocycles. The molecule has 0 spiro atoms. The molecule has 1 fully saturated rings. The van der Waals surface area contributed by atoms with Gasteiger partial charge < -0.3 is 24.6 Å². The molecule has 1 aromatic carbocycles. The Morgan fingerprint density at radius 2 is 2.02 bits per heavy atom. The lowest BCUT2D eigenvalue weighted by Crippen LogP contribution is -2.42. The summed E-state index contributed by atoms with van der Waals surface area (Å²) in [6.07, 6.45) is 7.53. The summed E-state index contributed by atoms with van der Waals surface area (Å²) < 4.78 is 39.9. The molecule has 228 valence electrons. The van der Waals surface area contributed by atoms with E-state index in [1.165, 1.54) is 46.0 Å². The zero-order valence-corrected chi connectivity index (χ0v) is 24.4. The van der Waals surface area contributed by atoms with Crippen LogP contribution in [0.1, 0.15) is 23.2 Å². The Morgan fingerprint density at radius 3 is 2.77 bits per heavy atom. The Bertz CT molecular complexity index is 1590. The number of rotatable bonds is 11. The summed E-state index contributed by atoms with van der Waals surface area (Å²) in [7, 11) is 3.97. The van der Waals surface area contributed by atoms with E-state index in [0.29, 0.717) is 25.3 Å². The number of likely N-dealkylation sites (tertiary alicyclic amines) is 1. The van der Waals surface area contributed by atoms with Crippen molar-refractivity contribution in [2.24, 2.45) is 0 Å². The standard InChI is InChI=1S/C28H31ClF2N8O4/c1-36(2)12-13-42-19-6-10-37(11-7-19)24(40)17-38-16-22(34-27(41)21-15-33-39-9-3-8-32-26(21)39)25(35-38)20-14-18(29)4-5-23(20)43-28(30)31/h3-5,8-9,14-16,19,28H,6-7,10-13,17H2,1-2H3,(H,34,41). The highest BCUT2D eigenvalue weighted by Crippen LogP contribution is 2.37. The Labute approximate surface area is 251 Å². The topological polar surface area (TPSA) is 119 Å². The SMILES string of the molecule is CN(C)CCOC1CCN(C(=O)Cn2cc(NC(=O)c3cnn4cccnc34)c(-c3cc(Cl)ccc3OC(F)F)n2)CC1. The summed E-state index contributed by atoms with van der Waals surface area (Å²) in [5.74, 6) is -0.934. The van der Waals surface area contributed by atoms with Crippen molar-refractivity contribution >= 4 is 34.7 Å². The number of carbonyl (C=O) groups is 2. The number of hydrogen-bond donors (Lipinski definition) is 1. The van der Waals surface area contributed by atoms with Crippen LogP contribution in [0.15, 0.2) is 49.1 Å². The highest BCUT2D eigenvalue weighted by Gasteiger charge is 2.26. The average molecular weight is 617 g/mol. The second-order valence-electron chi connectivity index (χ2n) is 10.3. The van der Waals surface area contributed by atoms with Gasteiger partial charge in [-0.3, -0.25) is 14.3 Å². The number of anilines is 1. The van der Waals surface area contributed by atoms with E-state index in [9.17, 15) is 18.4 Å². The van der Waals surface area contributed by atoms with Gasteiger partial charge in [0.25, 0.3) is 5.91 Å². The van der Waals surface area contributed by atoms with Crippen molar-refractivity contribution in [1.29, 1.82) is 0 Å². The van der Waals surface area contributed by atoms with Gasteiger partial charge in [-0.1, -0.05) is 11.6 Å². The summed E-state index contributed by atoms with van der Waals surface area (Å²) in [4.78, 5) is 34.5. The molecule has 2 amide bonds. The van der Waals surface area contributed by atoms with Gasteiger partial charge in [0.15, 0.2) is 5.65 Å². The van der Waals surface area contributed by atoms with Gasteiger partial charge in [0, 0.05) is 48.8 Å². The summed E-state index contributed by atoms with van der Waals surface area (Å²) in [5, 5.41) is 11.6. The fourth-order valence-corrected chi connectivity index (χ4v) is 4.94. The predicted molar refractivity (Wildman–Crippen MR) is 154 cm³/mol. The van der Waals surface area contributed by atoms with Crippen LogP contribution in [0.25, 0.3) is 16.9 Å². The maximum absolute atomic E-state index is 13.3. The number of alkyl halides is 2. The van der Waals surface area contributed by atoms with Gasteiger partial charge in [0.2, 0.25) is 5.91 Å². The third-order valence-electron chi connectivity index (χ3n) is 6.93. The quantitative estimate of drug-likeness (QED) is 0.271. The average Bonchev–Trinajstić information content (AvgIpc) is 3.58. The van der Waals surface area contributed by atoms with Crippen molar-refractivity contribution in [3.05, 3.63) is 59.6 Å². The first-order valence-electron chi connectivity index (χ1n) is 13.6. The molecule has 0 saturated carbocycles. The third-order valence-corrected chi connectivity index (χ3v) is 7.17. The number of nitrogens with zero attached hydrogens (tertiary/aromatic N) is 7. The first kappa shape index (κ1) is 30.3. The van der Waals surface area contributed by atoms with E-state index in [-0.39, 0.29) is 51.8 Å². The minimum Gasteiger partial charge on any atom is -0.434 e. The molecule has 12 nitrogen and oxygen atoms in total. The molecule has 43 heavy (non-hydrogen) atoms. The number of amides is 2. The van der Waals surface area contributed by atoms with Gasteiger partial charge in [-0.15, -0.1) is 0 Å². The van der Waals surface area contributed by atoms with E-state index in [1.54, 1.807) is 17.2 Å². The monoisotopic (exact) mass is 616 g/mol. The lowest BCUT2D eigenvalue weighted by molar-refractivity contribution is -0.134. The molecule has 4 aromatic rings. The van der Waals surface area contributed by atoms with Crippen LogP contribution in [0.3, 0.4) is 0 Å². The van der Waals surface area contributed by atoms with Crippen LogP contribution in [0.2, 0.25) is 5.02 Å². The largest absolute Gasteiger partial charge is 0.434 e. The predicted octanol–water partition coefficient (Wildman–Crippen LogP) is 3.67. The lowest BCUT2D eigenvalue weighted by atomic mass is 10.1. The molecular weight excluding hydrogens is 586 g/mol. The molecule has 0 radical (unpaired) electrons. The number of halogens is 3. The molecule has 1 saturated heterocycles. The number of benzene rings is 1. The normalized spacial score (nSPS) is 14.2. The Kier molecular flexibility index (Phi) is 9.48. The Morgan fingerprint density at radius 1 is 1.23 bits per heavy atom. The minimum absolute atomic E-state index is 0.0904. The number of likely N-dealkylation sites (N-methyl/N-ethyl adjacent to an activating group) is 1. The van der Waals surface area contributed by atoms with Crippen molar-refractivity contribution < 1.29 is 27.8 Å².